The molecule has 1 aliphatic heterocycles. The van der Waals surface area contributed by atoms with E-state index in [0.717, 1.165) is 29.7 Å². The van der Waals surface area contributed by atoms with E-state index >= 15 is 4.39 Å². The molecule has 0 bridgehead atoms. The lowest BCUT2D eigenvalue weighted by molar-refractivity contribution is 0.0694. The summed E-state index contributed by atoms with van der Waals surface area (Å²) in [6.07, 6.45) is 2.38. The average Bonchev–Trinajstić information content (AvgIpc) is 3.05. The highest BCUT2D eigenvalue weighted by molar-refractivity contribution is 5.93. The number of aromatic nitrogens is 1. The first-order valence-corrected chi connectivity index (χ1v) is 8.68. The number of benzene rings is 1. The van der Waals surface area contributed by atoms with Gasteiger partial charge in [0, 0.05) is 19.3 Å². The molecule has 1 aromatic heterocycles. The first kappa shape index (κ1) is 19.2. The average molecular weight is 383 g/mol. The Morgan fingerprint density at radius 1 is 1.37 bits per heavy atom. The molecule has 9 heteroatoms. The van der Waals surface area contributed by atoms with Crippen molar-refractivity contribution in [2.75, 3.05) is 31.2 Å². The molecule has 0 saturated carbocycles. The van der Waals surface area contributed by atoms with E-state index in [0.29, 0.717) is 19.6 Å². The largest absolute Gasteiger partial charge is 0.477 e. The van der Waals surface area contributed by atoms with E-state index in [2.05, 4.69) is 0 Å². The van der Waals surface area contributed by atoms with E-state index < -0.39 is 40.7 Å². The van der Waals surface area contributed by atoms with Crippen LogP contribution in [0.15, 0.2) is 17.1 Å². The number of nitrogens with two attached hydrogens (primary N) is 1. The summed E-state index contributed by atoms with van der Waals surface area (Å²) in [7, 11) is 0. The lowest BCUT2D eigenvalue weighted by atomic mass is 10.1. The number of alkyl halides is 1. The number of hydrogen-bond donors (Lipinski definition) is 2. The maximum Gasteiger partial charge on any atom is 0.341 e. The molecule has 1 fully saturated rings. The van der Waals surface area contributed by atoms with Crippen LogP contribution in [0.2, 0.25) is 0 Å². The van der Waals surface area contributed by atoms with Crippen LogP contribution in [0.25, 0.3) is 10.9 Å². The molecule has 1 unspecified atom stereocenters. The third-order valence-electron chi connectivity index (χ3n) is 4.96. The van der Waals surface area contributed by atoms with Gasteiger partial charge in [0.25, 0.3) is 0 Å². The van der Waals surface area contributed by atoms with Crippen LogP contribution < -0.4 is 16.1 Å². The molecular formula is C18H20F3N3O3. The smallest absolute Gasteiger partial charge is 0.341 e. The predicted molar refractivity (Wildman–Crippen MR) is 95.0 cm³/mol. The number of carboxylic acids is 1. The van der Waals surface area contributed by atoms with E-state index in [4.69, 9.17) is 10.8 Å². The number of fused-ring (bicyclic) bond motifs is 1. The van der Waals surface area contributed by atoms with Crippen molar-refractivity contribution in [2.24, 2.45) is 11.7 Å². The first-order valence-electron chi connectivity index (χ1n) is 8.68. The molecule has 3 N–H and O–H groups in total. The van der Waals surface area contributed by atoms with Gasteiger partial charge in [0.2, 0.25) is 5.43 Å². The number of carbonyl (C=O) groups is 1. The summed E-state index contributed by atoms with van der Waals surface area (Å²) < 4.78 is 43.9. The van der Waals surface area contributed by atoms with Gasteiger partial charge in [-0.15, -0.1) is 0 Å². The summed E-state index contributed by atoms with van der Waals surface area (Å²) in [6, 6.07) is 0.841. The number of rotatable bonds is 6. The van der Waals surface area contributed by atoms with Crippen LogP contribution in [0, 0.1) is 17.6 Å². The summed E-state index contributed by atoms with van der Waals surface area (Å²) in [6.45, 7) is 0.0944. The molecule has 1 atom stereocenters. The Kier molecular flexibility index (Phi) is 5.41. The molecule has 6 nitrogen and oxygen atoms in total. The Morgan fingerprint density at radius 2 is 2.11 bits per heavy atom. The lowest BCUT2D eigenvalue weighted by Crippen LogP contribution is -2.25. The molecule has 0 spiro atoms. The minimum atomic E-state index is -1.54. The van der Waals surface area contributed by atoms with Crippen LogP contribution >= 0.6 is 0 Å². The van der Waals surface area contributed by atoms with Crippen molar-refractivity contribution in [3.05, 3.63) is 39.7 Å². The molecular weight excluding hydrogens is 363 g/mol. The number of aryl methyl sites for hydroxylation is 1. The van der Waals surface area contributed by atoms with Crippen LogP contribution in [-0.2, 0) is 6.54 Å². The van der Waals surface area contributed by atoms with Gasteiger partial charge in [-0.3, -0.25) is 4.79 Å². The van der Waals surface area contributed by atoms with Crippen LogP contribution in [0.5, 0.6) is 0 Å². The molecule has 0 aliphatic carbocycles. The minimum absolute atomic E-state index is 0.215. The second-order valence-corrected chi connectivity index (χ2v) is 6.65. The van der Waals surface area contributed by atoms with E-state index in [1.165, 1.54) is 0 Å². The fourth-order valence-electron chi connectivity index (χ4n) is 3.69. The van der Waals surface area contributed by atoms with E-state index in [1.54, 1.807) is 4.90 Å². The number of aromatic carboxylic acids is 1. The maximum atomic E-state index is 15.3. The highest BCUT2D eigenvalue weighted by atomic mass is 19.1. The molecule has 146 valence electrons. The van der Waals surface area contributed by atoms with Gasteiger partial charge in [0.1, 0.15) is 23.7 Å². The van der Waals surface area contributed by atoms with Crippen molar-refractivity contribution in [1.82, 2.24) is 4.57 Å². The predicted octanol–water partition coefficient (Wildman–Crippen LogP) is 2.12. The van der Waals surface area contributed by atoms with Gasteiger partial charge in [-0.25, -0.2) is 18.0 Å². The Labute approximate surface area is 153 Å². The fourth-order valence-corrected chi connectivity index (χ4v) is 3.69. The van der Waals surface area contributed by atoms with Gasteiger partial charge in [0.05, 0.1) is 17.4 Å². The molecule has 0 radical (unpaired) electrons. The molecule has 1 aliphatic rings. The zero-order valence-corrected chi connectivity index (χ0v) is 14.6. The fraction of sp³-hybridized carbons (Fsp3) is 0.444. The molecule has 3 rings (SSSR count). The highest BCUT2D eigenvalue weighted by Gasteiger charge is 2.29. The van der Waals surface area contributed by atoms with E-state index in [-0.39, 0.29) is 23.7 Å². The highest BCUT2D eigenvalue weighted by Crippen LogP contribution is 2.34. The lowest BCUT2D eigenvalue weighted by Gasteiger charge is -2.22. The summed E-state index contributed by atoms with van der Waals surface area (Å²) in [5.74, 6) is -3.25. The van der Waals surface area contributed by atoms with Crippen LogP contribution in [-0.4, -0.2) is 42.0 Å². The van der Waals surface area contributed by atoms with Crippen molar-refractivity contribution in [2.45, 2.75) is 19.4 Å². The van der Waals surface area contributed by atoms with Gasteiger partial charge in [-0.2, -0.15) is 0 Å². The van der Waals surface area contributed by atoms with Crippen molar-refractivity contribution < 1.29 is 23.1 Å². The summed E-state index contributed by atoms with van der Waals surface area (Å²) in [5, 5.41) is 8.73. The topological polar surface area (TPSA) is 88.6 Å². The van der Waals surface area contributed by atoms with Gasteiger partial charge in [-0.05, 0) is 31.4 Å². The number of hydrogen-bond acceptors (Lipinski definition) is 4. The molecule has 0 amide bonds. The van der Waals surface area contributed by atoms with Crippen LogP contribution in [0.1, 0.15) is 23.2 Å². The second kappa shape index (κ2) is 7.59. The number of nitrogens with zero attached hydrogens (tertiary/aromatic N) is 2. The van der Waals surface area contributed by atoms with Crippen molar-refractivity contribution in [3.63, 3.8) is 0 Å². The second-order valence-electron chi connectivity index (χ2n) is 6.65. The SMILES string of the molecule is NCCC1CCN(c2c(F)cc3c(=O)c(C(=O)O)cn(CCF)c3c2F)C1. The molecule has 2 heterocycles. The number of halogens is 3. The van der Waals surface area contributed by atoms with Crippen molar-refractivity contribution in [3.8, 4) is 0 Å². The van der Waals surface area contributed by atoms with Gasteiger partial charge in [0.15, 0.2) is 5.82 Å². The van der Waals surface area contributed by atoms with Gasteiger partial charge in [-0.1, -0.05) is 0 Å². The summed E-state index contributed by atoms with van der Waals surface area (Å²) in [5.41, 5.74) is 3.31. The zero-order valence-electron chi connectivity index (χ0n) is 14.6. The van der Waals surface area contributed by atoms with Crippen LogP contribution in [0.4, 0.5) is 18.9 Å². The molecule has 1 aromatic carbocycles. The Morgan fingerprint density at radius 3 is 2.74 bits per heavy atom. The van der Waals surface area contributed by atoms with E-state index in [9.17, 15) is 18.4 Å². The van der Waals surface area contributed by atoms with Gasteiger partial charge < -0.3 is 20.3 Å². The van der Waals surface area contributed by atoms with Crippen molar-refractivity contribution in [1.29, 1.82) is 0 Å². The third kappa shape index (κ3) is 3.39. The Hall–Kier alpha value is -2.55. The summed E-state index contributed by atoms with van der Waals surface area (Å²) in [4.78, 5) is 25.2. The van der Waals surface area contributed by atoms with E-state index in [1.807, 2.05) is 0 Å². The zero-order chi connectivity index (χ0) is 19.7. The Balaban J connectivity index is 2.21. The van der Waals surface area contributed by atoms with Crippen molar-refractivity contribution >= 4 is 22.6 Å². The quantitative estimate of drug-likeness (QED) is 0.798. The maximum absolute atomic E-state index is 15.3. The normalized spacial score (nSPS) is 17.0. The standard InChI is InChI=1S/C18H20F3N3O3/c19-3-6-24-9-12(18(26)27)17(25)11-7-13(20)16(14(21)15(11)24)23-5-2-10(8-23)1-4-22/h7,9-10H,1-6,8,22H2,(H,26,27). The minimum Gasteiger partial charge on any atom is -0.477 e. The van der Waals surface area contributed by atoms with Gasteiger partial charge >= 0.3 is 5.97 Å². The first-order chi connectivity index (χ1) is 12.9. The third-order valence-corrected chi connectivity index (χ3v) is 4.96. The molecule has 1 saturated heterocycles. The van der Waals surface area contributed by atoms with Crippen LogP contribution in [0.3, 0.4) is 0 Å². The Bertz CT molecular complexity index is 945. The molecule has 27 heavy (non-hydrogen) atoms. The molecule has 2 aromatic rings. The monoisotopic (exact) mass is 383 g/mol. The number of carboxylic acid groups (broad SMARTS) is 1. The number of pyridine rings is 1. The number of anilines is 1. The summed E-state index contributed by atoms with van der Waals surface area (Å²) >= 11 is 0.